The maximum Gasteiger partial charge on any atom is 0.409 e. The smallest absolute Gasteiger partial charge is 0.409 e. The van der Waals surface area contributed by atoms with Crippen molar-refractivity contribution in [2.45, 2.75) is 25.3 Å². The first-order chi connectivity index (χ1) is 7.22. The van der Waals surface area contributed by atoms with E-state index in [0.717, 1.165) is 19.5 Å². The largest absolute Gasteiger partial charge is 0.453 e. The van der Waals surface area contributed by atoms with E-state index in [-0.39, 0.29) is 6.09 Å². The van der Waals surface area contributed by atoms with E-state index in [1.54, 1.807) is 0 Å². The van der Waals surface area contributed by atoms with E-state index < -0.39 is 0 Å². The number of methoxy groups -OCH3 is 1. The fourth-order valence-electron chi connectivity index (χ4n) is 2.95. The Labute approximate surface area is 91.2 Å². The van der Waals surface area contributed by atoms with Crippen LogP contribution in [-0.2, 0) is 4.74 Å². The fourth-order valence-corrected chi connectivity index (χ4v) is 2.95. The lowest BCUT2D eigenvalue weighted by Gasteiger charge is -2.45. The molecular weight excluding hydrogens is 192 g/mol. The third-order valence-electron chi connectivity index (χ3n) is 3.78. The molecule has 0 aromatic rings. The van der Waals surface area contributed by atoms with Crippen molar-refractivity contribution in [2.24, 2.45) is 5.92 Å². The van der Waals surface area contributed by atoms with Gasteiger partial charge in [0.1, 0.15) is 0 Å². The molecule has 2 heterocycles. The first kappa shape index (κ1) is 10.7. The van der Waals surface area contributed by atoms with Crippen LogP contribution in [0.3, 0.4) is 0 Å². The van der Waals surface area contributed by atoms with E-state index in [4.69, 9.17) is 4.74 Å². The average molecular weight is 212 g/mol. The number of piperidine rings is 2. The predicted molar refractivity (Wildman–Crippen MR) is 57.7 cm³/mol. The van der Waals surface area contributed by atoms with Crippen LogP contribution in [0.4, 0.5) is 4.79 Å². The van der Waals surface area contributed by atoms with Crippen LogP contribution >= 0.6 is 0 Å². The number of nitrogens with zero attached hydrogens (tertiary/aromatic N) is 2. The Hall–Kier alpha value is -0.770. The molecule has 2 atom stereocenters. The van der Waals surface area contributed by atoms with Gasteiger partial charge < -0.3 is 14.5 Å². The van der Waals surface area contributed by atoms with Gasteiger partial charge >= 0.3 is 6.09 Å². The van der Waals surface area contributed by atoms with Crippen LogP contribution in [0.2, 0.25) is 0 Å². The van der Waals surface area contributed by atoms with E-state index in [1.165, 1.54) is 26.5 Å². The summed E-state index contributed by atoms with van der Waals surface area (Å²) in [6.07, 6.45) is 3.44. The van der Waals surface area contributed by atoms with Crippen molar-refractivity contribution >= 4 is 6.09 Å². The molecular formula is C11H20N2O2. The van der Waals surface area contributed by atoms with Crippen molar-refractivity contribution < 1.29 is 9.53 Å². The highest BCUT2D eigenvalue weighted by Crippen LogP contribution is 2.29. The predicted octanol–water partition coefficient (Wildman–Crippen LogP) is 1.17. The number of carbonyl (C=O) groups is 1. The lowest BCUT2D eigenvalue weighted by Crippen LogP contribution is -2.53. The normalized spacial score (nSPS) is 32.3. The molecule has 15 heavy (non-hydrogen) atoms. The number of fused-ring (bicyclic) bond motifs is 1. The van der Waals surface area contributed by atoms with Crippen molar-refractivity contribution in [1.82, 2.24) is 9.80 Å². The Morgan fingerprint density at radius 2 is 2.13 bits per heavy atom. The molecule has 0 N–H and O–H groups in total. The quantitative estimate of drug-likeness (QED) is 0.604. The van der Waals surface area contributed by atoms with Crippen LogP contribution in [0.5, 0.6) is 0 Å². The maximum absolute atomic E-state index is 11.4. The Kier molecular flexibility index (Phi) is 3.14. The Balaban J connectivity index is 1.96. The van der Waals surface area contributed by atoms with Gasteiger partial charge in [-0.05, 0) is 38.8 Å². The molecule has 86 valence electrons. The van der Waals surface area contributed by atoms with E-state index >= 15 is 0 Å². The molecule has 4 heteroatoms. The molecule has 0 bridgehead atoms. The van der Waals surface area contributed by atoms with Crippen LogP contribution in [0, 0.1) is 5.92 Å². The second kappa shape index (κ2) is 4.39. The van der Waals surface area contributed by atoms with E-state index in [0.29, 0.717) is 12.0 Å². The fraction of sp³-hybridized carbons (Fsp3) is 0.909. The second-order valence-corrected chi connectivity index (χ2v) is 4.65. The summed E-state index contributed by atoms with van der Waals surface area (Å²) in [5, 5.41) is 0. The van der Waals surface area contributed by atoms with Crippen molar-refractivity contribution in [3.05, 3.63) is 0 Å². The summed E-state index contributed by atoms with van der Waals surface area (Å²) < 4.78 is 4.77. The molecule has 0 unspecified atom stereocenters. The Bertz CT molecular complexity index is 245. The maximum atomic E-state index is 11.4. The van der Waals surface area contributed by atoms with Crippen LogP contribution < -0.4 is 0 Å². The van der Waals surface area contributed by atoms with Crippen molar-refractivity contribution in [1.29, 1.82) is 0 Å². The zero-order chi connectivity index (χ0) is 10.8. The van der Waals surface area contributed by atoms with Gasteiger partial charge in [-0.3, -0.25) is 0 Å². The van der Waals surface area contributed by atoms with Crippen LogP contribution in [-0.4, -0.2) is 55.7 Å². The zero-order valence-corrected chi connectivity index (χ0v) is 9.61. The summed E-state index contributed by atoms with van der Waals surface area (Å²) in [6, 6.07) is 0.680. The van der Waals surface area contributed by atoms with E-state index in [9.17, 15) is 4.79 Å². The number of hydrogen-bond acceptors (Lipinski definition) is 3. The number of likely N-dealkylation sites (tertiary alicyclic amines) is 2. The monoisotopic (exact) mass is 212 g/mol. The highest BCUT2D eigenvalue weighted by molar-refractivity contribution is 5.67. The standard InChI is InChI=1S/C11H20N2O2/c1-12-6-3-4-9-8-13(11(14)15-2)7-5-10(9)12/h9-10H,3-8H2,1-2H3/t9-,10-/m0/s1. The molecule has 4 nitrogen and oxygen atoms in total. The third kappa shape index (κ3) is 2.09. The van der Waals surface area contributed by atoms with Gasteiger partial charge in [0.25, 0.3) is 0 Å². The lowest BCUT2D eigenvalue weighted by molar-refractivity contribution is 0.0348. The van der Waals surface area contributed by atoms with Crippen molar-refractivity contribution in [2.75, 3.05) is 33.8 Å². The molecule has 2 rings (SSSR count). The number of hydrogen-bond donors (Lipinski definition) is 0. The molecule has 0 aromatic heterocycles. The van der Waals surface area contributed by atoms with Crippen molar-refractivity contribution in [3.8, 4) is 0 Å². The van der Waals surface area contributed by atoms with Gasteiger partial charge in [0, 0.05) is 19.1 Å². The molecule has 0 aliphatic carbocycles. The van der Waals surface area contributed by atoms with Crippen LogP contribution in [0.1, 0.15) is 19.3 Å². The molecule has 2 fully saturated rings. The van der Waals surface area contributed by atoms with Crippen LogP contribution in [0.25, 0.3) is 0 Å². The summed E-state index contributed by atoms with van der Waals surface area (Å²) in [5.41, 5.74) is 0. The SMILES string of the molecule is COC(=O)N1CC[C@H]2[C@@H](CCCN2C)C1. The number of rotatable bonds is 0. The first-order valence-corrected chi connectivity index (χ1v) is 5.75. The van der Waals surface area contributed by atoms with Gasteiger partial charge in [-0.2, -0.15) is 0 Å². The number of amides is 1. The average Bonchev–Trinajstić information content (AvgIpc) is 2.28. The second-order valence-electron chi connectivity index (χ2n) is 4.65. The molecule has 0 spiro atoms. The summed E-state index contributed by atoms with van der Waals surface area (Å²) in [4.78, 5) is 15.7. The number of carbonyl (C=O) groups excluding carboxylic acids is 1. The highest BCUT2D eigenvalue weighted by Gasteiger charge is 2.35. The topological polar surface area (TPSA) is 32.8 Å². The Morgan fingerprint density at radius 3 is 2.87 bits per heavy atom. The molecule has 0 aromatic carbocycles. The minimum Gasteiger partial charge on any atom is -0.453 e. The van der Waals surface area contributed by atoms with E-state index in [2.05, 4.69) is 11.9 Å². The molecule has 2 aliphatic heterocycles. The third-order valence-corrected chi connectivity index (χ3v) is 3.78. The Morgan fingerprint density at radius 1 is 1.33 bits per heavy atom. The summed E-state index contributed by atoms with van der Waals surface area (Å²) >= 11 is 0. The van der Waals surface area contributed by atoms with Gasteiger partial charge in [-0.25, -0.2) is 4.79 Å². The minimum atomic E-state index is -0.165. The molecule has 2 saturated heterocycles. The van der Waals surface area contributed by atoms with Crippen molar-refractivity contribution in [3.63, 3.8) is 0 Å². The summed E-state index contributed by atoms with van der Waals surface area (Å²) in [7, 11) is 3.66. The molecule has 0 radical (unpaired) electrons. The summed E-state index contributed by atoms with van der Waals surface area (Å²) in [6.45, 7) is 2.93. The summed E-state index contributed by atoms with van der Waals surface area (Å²) in [5.74, 6) is 0.650. The van der Waals surface area contributed by atoms with Gasteiger partial charge in [0.15, 0.2) is 0 Å². The highest BCUT2D eigenvalue weighted by atomic mass is 16.5. The molecule has 0 saturated carbocycles. The van der Waals surface area contributed by atoms with Gasteiger partial charge in [-0.1, -0.05) is 0 Å². The lowest BCUT2D eigenvalue weighted by atomic mass is 9.84. The van der Waals surface area contributed by atoms with E-state index in [1.807, 2.05) is 4.90 Å². The minimum absolute atomic E-state index is 0.165. The van der Waals surface area contributed by atoms with Gasteiger partial charge in [0.05, 0.1) is 7.11 Å². The number of ether oxygens (including phenoxy) is 1. The molecule has 2 aliphatic rings. The van der Waals surface area contributed by atoms with Gasteiger partial charge in [0.2, 0.25) is 0 Å². The molecule has 1 amide bonds. The first-order valence-electron chi connectivity index (χ1n) is 5.75. The zero-order valence-electron chi connectivity index (χ0n) is 9.61. The van der Waals surface area contributed by atoms with Gasteiger partial charge in [-0.15, -0.1) is 0 Å². The van der Waals surface area contributed by atoms with Crippen LogP contribution in [0.15, 0.2) is 0 Å².